The number of aromatic nitrogens is 1. The molecule has 0 N–H and O–H groups in total. The van der Waals surface area contributed by atoms with E-state index in [0.717, 1.165) is 24.3 Å². The summed E-state index contributed by atoms with van der Waals surface area (Å²) in [5.41, 5.74) is 6.55. The zero-order valence-corrected chi connectivity index (χ0v) is 14.5. The highest BCUT2D eigenvalue weighted by Gasteiger charge is 2.23. The molecule has 25 heavy (non-hydrogen) atoms. The average Bonchev–Trinajstić information content (AvgIpc) is 2.67. The van der Waals surface area contributed by atoms with Crippen LogP contribution >= 0.6 is 0 Å². The highest BCUT2D eigenvalue weighted by molar-refractivity contribution is 6.09. The van der Waals surface area contributed by atoms with Gasteiger partial charge in [-0.15, -0.1) is 0 Å². The van der Waals surface area contributed by atoms with E-state index in [0.29, 0.717) is 0 Å². The van der Waals surface area contributed by atoms with Crippen LogP contribution in [-0.2, 0) is 12.8 Å². The Morgan fingerprint density at radius 3 is 2.52 bits per heavy atom. The van der Waals surface area contributed by atoms with Crippen molar-refractivity contribution in [2.24, 2.45) is 5.92 Å². The Balaban J connectivity index is 1.91. The van der Waals surface area contributed by atoms with Gasteiger partial charge in [0.25, 0.3) is 0 Å². The Bertz CT molecular complexity index is 1080. The summed E-state index contributed by atoms with van der Waals surface area (Å²) >= 11 is 0. The molecule has 0 amide bonds. The molecule has 3 aromatic carbocycles. The predicted octanol–water partition coefficient (Wildman–Crippen LogP) is 6.18. The van der Waals surface area contributed by atoms with E-state index in [1.165, 1.54) is 45.0 Å². The summed E-state index contributed by atoms with van der Waals surface area (Å²) < 4.78 is 0. The van der Waals surface area contributed by atoms with Crippen LogP contribution in [-0.4, -0.2) is 4.98 Å². The molecule has 0 bridgehead atoms. The second-order valence-corrected chi connectivity index (χ2v) is 7.31. The first-order valence-corrected chi connectivity index (χ1v) is 9.20. The van der Waals surface area contributed by atoms with Gasteiger partial charge in [0.05, 0.1) is 11.2 Å². The van der Waals surface area contributed by atoms with Crippen LogP contribution in [0.5, 0.6) is 0 Å². The lowest BCUT2D eigenvalue weighted by Gasteiger charge is -2.26. The van der Waals surface area contributed by atoms with E-state index in [2.05, 4.69) is 73.7 Å². The van der Waals surface area contributed by atoms with Crippen molar-refractivity contribution < 1.29 is 0 Å². The molecule has 5 rings (SSSR count). The van der Waals surface area contributed by atoms with Gasteiger partial charge in [0.15, 0.2) is 0 Å². The molecule has 0 aliphatic heterocycles. The van der Waals surface area contributed by atoms with E-state index >= 15 is 0 Å². The lowest BCUT2D eigenvalue weighted by Crippen LogP contribution is -2.14. The molecule has 1 aromatic heterocycles. The second-order valence-electron chi connectivity index (χ2n) is 7.31. The highest BCUT2D eigenvalue weighted by atomic mass is 14.7. The molecule has 1 heterocycles. The summed E-state index contributed by atoms with van der Waals surface area (Å²) in [6.45, 7) is 2.37. The maximum absolute atomic E-state index is 5.14. The minimum atomic E-state index is 0.726. The summed E-state index contributed by atoms with van der Waals surface area (Å²) in [6, 6.07) is 23.8. The number of hydrogen-bond acceptors (Lipinski definition) is 1. The van der Waals surface area contributed by atoms with Crippen LogP contribution in [0.1, 0.15) is 24.5 Å². The minimum Gasteiger partial charge on any atom is -0.247 e. The van der Waals surface area contributed by atoms with Crippen molar-refractivity contribution in [2.45, 2.75) is 26.2 Å². The molecule has 0 radical (unpaired) electrons. The Morgan fingerprint density at radius 1 is 0.840 bits per heavy atom. The molecule has 0 saturated heterocycles. The van der Waals surface area contributed by atoms with Crippen LogP contribution in [0.15, 0.2) is 66.7 Å². The number of nitrogens with zero attached hydrogens (tertiary/aromatic N) is 1. The molecule has 1 aliphatic rings. The van der Waals surface area contributed by atoms with Crippen molar-refractivity contribution in [1.82, 2.24) is 4.98 Å². The van der Waals surface area contributed by atoms with Gasteiger partial charge in [0.1, 0.15) is 0 Å². The first kappa shape index (κ1) is 14.7. The molecular formula is C24H21N. The summed E-state index contributed by atoms with van der Waals surface area (Å²) in [6.07, 6.45) is 3.55. The normalized spacial score (nSPS) is 16.9. The molecule has 122 valence electrons. The zero-order valence-electron chi connectivity index (χ0n) is 14.5. The third-order valence-corrected chi connectivity index (χ3v) is 5.58. The summed E-state index contributed by atoms with van der Waals surface area (Å²) in [5.74, 6) is 0.726. The number of pyridine rings is 1. The van der Waals surface area contributed by atoms with Crippen molar-refractivity contribution in [3.05, 3.63) is 77.9 Å². The van der Waals surface area contributed by atoms with Crippen molar-refractivity contribution in [3.63, 3.8) is 0 Å². The maximum Gasteiger partial charge on any atom is 0.0744 e. The molecule has 0 spiro atoms. The summed E-state index contributed by atoms with van der Waals surface area (Å²) in [5, 5.41) is 4.03. The molecule has 1 heteroatoms. The van der Waals surface area contributed by atoms with E-state index in [1.54, 1.807) is 0 Å². The summed E-state index contributed by atoms with van der Waals surface area (Å²) in [7, 11) is 0. The van der Waals surface area contributed by atoms with E-state index in [1.807, 2.05) is 0 Å². The van der Waals surface area contributed by atoms with Crippen molar-refractivity contribution in [1.29, 1.82) is 0 Å². The fourth-order valence-corrected chi connectivity index (χ4v) is 4.32. The van der Waals surface area contributed by atoms with Gasteiger partial charge in [-0.2, -0.15) is 0 Å². The van der Waals surface area contributed by atoms with E-state index in [-0.39, 0.29) is 0 Å². The zero-order chi connectivity index (χ0) is 16.8. The first-order valence-electron chi connectivity index (χ1n) is 9.20. The van der Waals surface area contributed by atoms with Crippen LogP contribution in [0, 0.1) is 5.92 Å². The lowest BCUT2D eigenvalue weighted by molar-refractivity contribution is 0.503. The van der Waals surface area contributed by atoms with E-state index in [4.69, 9.17) is 4.98 Å². The summed E-state index contributed by atoms with van der Waals surface area (Å²) in [4.78, 5) is 5.14. The van der Waals surface area contributed by atoms with E-state index < -0.39 is 0 Å². The Hall–Kier alpha value is -2.67. The average molecular weight is 323 g/mol. The SMILES string of the molecule is CC1CCc2c(c(-c3ccccc3)nc3ccc4ccccc4c23)C1. The maximum atomic E-state index is 5.14. The monoisotopic (exact) mass is 323 g/mol. The molecule has 1 atom stereocenters. The number of hydrogen-bond donors (Lipinski definition) is 0. The second kappa shape index (κ2) is 5.70. The quantitative estimate of drug-likeness (QED) is 0.381. The van der Waals surface area contributed by atoms with Gasteiger partial charge in [0.2, 0.25) is 0 Å². The van der Waals surface area contributed by atoms with Crippen molar-refractivity contribution >= 4 is 21.7 Å². The highest BCUT2D eigenvalue weighted by Crippen LogP contribution is 2.39. The third-order valence-electron chi connectivity index (χ3n) is 5.58. The number of benzene rings is 3. The fourth-order valence-electron chi connectivity index (χ4n) is 4.32. The van der Waals surface area contributed by atoms with Crippen LogP contribution in [0.25, 0.3) is 32.9 Å². The Labute approximate surface area is 148 Å². The van der Waals surface area contributed by atoms with Crippen LogP contribution in [0.4, 0.5) is 0 Å². The van der Waals surface area contributed by atoms with Gasteiger partial charge in [0, 0.05) is 10.9 Å². The first-order chi connectivity index (χ1) is 12.3. The van der Waals surface area contributed by atoms with Gasteiger partial charge in [-0.3, -0.25) is 0 Å². The van der Waals surface area contributed by atoms with Gasteiger partial charge in [-0.05, 0) is 53.1 Å². The molecular weight excluding hydrogens is 302 g/mol. The van der Waals surface area contributed by atoms with Crippen LogP contribution in [0.2, 0.25) is 0 Å². The predicted molar refractivity (Wildman–Crippen MR) is 106 cm³/mol. The molecule has 1 unspecified atom stereocenters. The van der Waals surface area contributed by atoms with Crippen molar-refractivity contribution in [2.75, 3.05) is 0 Å². The van der Waals surface area contributed by atoms with Crippen LogP contribution in [0.3, 0.4) is 0 Å². The lowest BCUT2D eigenvalue weighted by atomic mass is 9.80. The Morgan fingerprint density at radius 2 is 1.64 bits per heavy atom. The smallest absolute Gasteiger partial charge is 0.0744 e. The van der Waals surface area contributed by atoms with Gasteiger partial charge in [-0.25, -0.2) is 4.98 Å². The number of fused-ring (bicyclic) bond motifs is 5. The van der Waals surface area contributed by atoms with Gasteiger partial charge >= 0.3 is 0 Å². The third kappa shape index (κ3) is 2.34. The van der Waals surface area contributed by atoms with Gasteiger partial charge in [-0.1, -0.05) is 67.6 Å². The fraction of sp³-hybridized carbons (Fsp3) is 0.208. The molecule has 4 aromatic rings. The van der Waals surface area contributed by atoms with E-state index in [9.17, 15) is 0 Å². The number of rotatable bonds is 1. The minimum absolute atomic E-state index is 0.726. The van der Waals surface area contributed by atoms with Gasteiger partial charge < -0.3 is 0 Å². The topological polar surface area (TPSA) is 12.9 Å². The molecule has 1 nitrogen and oxygen atoms in total. The molecule has 0 saturated carbocycles. The number of aryl methyl sites for hydroxylation is 1. The Kier molecular flexibility index (Phi) is 3.34. The molecule has 0 fully saturated rings. The molecule has 1 aliphatic carbocycles. The largest absolute Gasteiger partial charge is 0.247 e. The van der Waals surface area contributed by atoms with Crippen molar-refractivity contribution in [3.8, 4) is 11.3 Å². The standard InChI is InChI=1S/C24H21N/c1-16-11-13-20-21(15-16)24(18-8-3-2-4-9-18)25-22-14-12-17-7-5-6-10-19(17)23(20)22/h2-10,12,14,16H,11,13,15H2,1H3. The van der Waals surface area contributed by atoms with Crippen LogP contribution < -0.4 is 0 Å².